The summed E-state index contributed by atoms with van der Waals surface area (Å²) < 4.78 is 1.42. The topological polar surface area (TPSA) is 80.9 Å². The maximum atomic E-state index is 11.5. The summed E-state index contributed by atoms with van der Waals surface area (Å²) in [7, 11) is 0. The van der Waals surface area contributed by atoms with Crippen molar-refractivity contribution >= 4 is 5.82 Å². The number of nitrogens with one attached hydrogen (secondary N) is 1. The molecule has 3 N–H and O–H groups in total. The van der Waals surface area contributed by atoms with Gasteiger partial charge < -0.3 is 5.73 Å². The van der Waals surface area contributed by atoms with Crippen LogP contribution >= 0.6 is 0 Å². The first-order chi connectivity index (χ1) is 6.91. The molecule has 0 radical (unpaired) electrons. The predicted molar refractivity (Wildman–Crippen MR) is 59.9 cm³/mol. The fraction of sp³-hybridized carbons (Fsp3) is 0.600. The van der Waals surface area contributed by atoms with Gasteiger partial charge in [0.25, 0.3) is 5.56 Å². The molecule has 1 aromatic rings. The zero-order valence-corrected chi connectivity index (χ0v) is 9.28. The van der Waals surface area contributed by atoms with Gasteiger partial charge in [-0.1, -0.05) is 13.8 Å². The molecule has 5 heteroatoms. The van der Waals surface area contributed by atoms with E-state index in [1.807, 2.05) is 6.92 Å². The zero-order valence-electron chi connectivity index (χ0n) is 9.28. The second-order valence-corrected chi connectivity index (χ2v) is 4.21. The van der Waals surface area contributed by atoms with E-state index in [1.165, 1.54) is 10.6 Å². The Morgan fingerprint density at radius 1 is 1.40 bits per heavy atom. The Kier molecular flexibility index (Phi) is 3.34. The van der Waals surface area contributed by atoms with E-state index < -0.39 is 11.2 Å². The average molecular weight is 211 g/mol. The van der Waals surface area contributed by atoms with Crippen LogP contribution < -0.4 is 17.0 Å². The first-order valence-electron chi connectivity index (χ1n) is 5.03. The van der Waals surface area contributed by atoms with Crippen molar-refractivity contribution < 1.29 is 0 Å². The first-order valence-corrected chi connectivity index (χ1v) is 5.03. The van der Waals surface area contributed by atoms with Crippen molar-refractivity contribution in [3.8, 4) is 0 Å². The average Bonchev–Trinajstić information content (AvgIpc) is 1.99. The van der Waals surface area contributed by atoms with Gasteiger partial charge in [0.05, 0.1) is 0 Å². The van der Waals surface area contributed by atoms with E-state index in [4.69, 9.17) is 5.73 Å². The van der Waals surface area contributed by atoms with Gasteiger partial charge in [-0.15, -0.1) is 0 Å². The highest BCUT2D eigenvalue weighted by atomic mass is 16.2. The number of nitrogens with two attached hydrogens (primary N) is 1. The molecule has 0 aromatic carbocycles. The Balaban J connectivity index is 3.14. The summed E-state index contributed by atoms with van der Waals surface area (Å²) in [5.41, 5.74) is 4.75. The number of anilines is 1. The van der Waals surface area contributed by atoms with E-state index in [-0.39, 0.29) is 11.9 Å². The summed E-state index contributed by atoms with van der Waals surface area (Å²) in [4.78, 5) is 24.7. The zero-order chi connectivity index (χ0) is 11.6. The predicted octanol–water partition coefficient (Wildman–Crippen LogP) is 0.726. The third-order valence-electron chi connectivity index (χ3n) is 2.26. The lowest BCUT2D eigenvalue weighted by Crippen LogP contribution is -2.33. The number of H-pyrrole nitrogens is 1. The molecule has 1 aromatic heterocycles. The van der Waals surface area contributed by atoms with Crippen molar-refractivity contribution in [2.24, 2.45) is 5.92 Å². The van der Waals surface area contributed by atoms with E-state index in [9.17, 15) is 9.59 Å². The molecule has 0 fully saturated rings. The molecule has 1 unspecified atom stereocenters. The summed E-state index contributed by atoms with van der Waals surface area (Å²) in [5, 5.41) is 0. The van der Waals surface area contributed by atoms with Crippen LogP contribution in [0, 0.1) is 5.92 Å². The van der Waals surface area contributed by atoms with Crippen molar-refractivity contribution in [3.05, 3.63) is 26.9 Å². The van der Waals surface area contributed by atoms with Crippen LogP contribution in [0.3, 0.4) is 0 Å². The molecule has 1 rings (SSSR count). The van der Waals surface area contributed by atoms with E-state index in [0.717, 1.165) is 6.42 Å². The van der Waals surface area contributed by atoms with Gasteiger partial charge in [0.1, 0.15) is 5.82 Å². The number of nitrogen functional groups attached to an aromatic ring is 1. The van der Waals surface area contributed by atoms with E-state index in [0.29, 0.717) is 5.92 Å². The molecule has 0 bridgehead atoms. The molecule has 0 saturated carbocycles. The van der Waals surface area contributed by atoms with Crippen molar-refractivity contribution in [2.75, 3.05) is 5.73 Å². The number of nitrogens with zero attached hydrogens (tertiary/aromatic N) is 1. The fourth-order valence-corrected chi connectivity index (χ4v) is 1.77. The molecule has 0 aliphatic heterocycles. The largest absolute Gasteiger partial charge is 0.385 e. The van der Waals surface area contributed by atoms with Crippen molar-refractivity contribution in [2.45, 2.75) is 33.2 Å². The van der Waals surface area contributed by atoms with Crippen LogP contribution in [-0.2, 0) is 0 Å². The number of aromatic amines is 1. The van der Waals surface area contributed by atoms with Crippen LogP contribution in [0.15, 0.2) is 15.7 Å². The lowest BCUT2D eigenvalue weighted by Gasteiger charge is -2.18. The maximum Gasteiger partial charge on any atom is 0.330 e. The highest BCUT2D eigenvalue weighted by molar-refractivity contribution is 5.26. The van der Waals surface area contributed by atoms with Gasteiger partial charge in [0.2, 0.25) is 0 Å². The quantitative estimate of drug-likeness (QED) is 0.773. The number of rotatable bonds is 3. The molecule has 0 saturated heterocycles. The minimum absolute atomic E-state index is 0.00523. The van der Waals surface area contributed by atoms with Crippen molar-refractivity contribution in [1.29, 1.82) is 0 Å². The Morgan fingerprint density at radius 3 is 2.47 bits per heavy atom. The Labute approximate surface area is 87.9 Å². The van der Waals surface area contributed by atoms with Gasteiger partial charge in [-0.3, -0.25) is 14.3 Å². The molecular formula is C10H17N3O2. The molecule has 0 spiro atoms. The smallest absolute Gasteiger partial charge is 0.330 e. The van der Waals surface area contributed by atoms with Gasteiger partial charge >= 0.3 is 5.69 Å². The normalized spacial score (nSPS) is 13.1. The van der Waals surface area contributed by atoms with Crippen LogP contribution in [0.4, 0.5) is 5.82 Å². The second-order valence-electron chi connectivity index (χ2n) is 4.21. The van der Waals surface area contributed by atoms with E-state index >= 15 is 0 Å². The van der Waals surface area contributed by atoms with Gasteiger partial charge in [0.15, 0.2) is 0 Å². The summed E-state index contributed by atoms with van der Waals surface area (Å²) in [6.45, 7) is 6.06. The third kappa shape index (κ3) is 2.71. The Morgan fingerprint density at radius 2 is 2.00 bits per heavy atom. The Bertz CT molecular complexity index is 445. The van der Waals surface area contributed by atoms with Crippen LogP contribution in [0.25, 0.3) is 0 Å². The molecule has 0 amide bonds. The van der Waals surface area contributed by atoms with E-state index in [2.05, 4.69) is 18.8 Å². The van der Waals surface area contributed by atoms with Gasteiger partial charge in [-0.05, 0) is 19.3 Å². The molecule has 1 atom stereocenters. The maximum absolute atomic E-state index is 11.5. The van der Waals surface area contributed by atoms with Gasteiger partial charge in [-0.25, -0.2) is 4.79 Å². The fourth-order valence-electron chi connectivity index (χ4n) is 1.77. The number of hydrogen-bond donors (Lipinski definition) is 2. The molecule has 5 nitrogen and oxygen atoms in total. The molecule has 84 valence electrons. The van der Waals surface area contributed by atoms with Crippen LogP contribution in [0.1, 0.15) is 33.2 Å². The minimum Gasteiger partial charge on any atom is -0.385 e. The lowest BCUT2D eigenvalue weighted by molar-refractivity contribution is 0.418. The molecule has 0 aliphatic rings. The van der Waals surface area contributed by atoms with Gasteiger partial charge in [0, 0.05) is 12.1 Å². The van der Waals surface area contributed by atoms with Crippen LogP contribution in [-0.4, -0.2) is 9.55 Å². The monoisotopic (exact) mass is 211 g/mol. The highest BCUT2D eigenvalue weighted by Gasteiger charge is 2.12. The SMILES string of the molecule is CC(C)CC(C)n1c(N)cc(=O)[nH]c1=O. The molecule has 1 heterocycles. The molecule has 0 aliphatic carbocycles. The second kappa shape index (κ2) is 4.33. The summed E-state index contributed by atoms with van der Waals surface area (Å²) in [5.74, 6) is 0.690. The molecular weight excluding hydrogens is 194 g/mol. The third-order valence-corrected chi connectivity index (χ3v) is 2.26. The van der Waals surface area contributed by atoms with Crippen molar-refractivity contribution in [1.82, 2.24) is 9.55 Å². The van der Waals surface area contributed by atoms with E-state index in [1.54, 1.807) is 0 Å². The van der Waals surface area contributed by atoms with Crippen LogP contribution in [0.5, 0.6) is 0 Å². The molecule has 15 heavy (non-hydrogen) atoms. The summed E-state index contributed by atoms with van der Waals surface area (Å²) in [6, 6.07) is 1.23. The standard InChI is InChI=1S/C10H17N3O2/c1-6(2)4-7(3)13-8(11)5-9(14)12-10(13)15/h5-7H,4,11H2,1-3H3,(H,12,14,15). The number of aromatic nitrogens is 2. The van der Waals surface area contributed by atoms with Gasteiger partial charge in [-0.2, -0.15) is 0 Å². The van der Waals surface area contributed by atoms with Crippen LogP contribution in [0.2, 0.25) is 0 Å². The summed E-state index contributed by atoms with van der Waals surface area (Å²) in [6.07, 6.45) is 0.843. The lowest BCUT2D eigenvalue weighted by atomic mass is 10.1. The minimum atomic E-state index is -0.453. The Hall–Kier alpha value is -1.52. The summed E-state index contributed by atoms with van der Waals surface area (Å²) >= 11 is 0. The number of hydrogen-bond acceptors (Lipinski definition) is 3. The van der Waals surface area contributed by atoms with Crippen molar-refractivity contribution in [3.63, 3.8) is 0 Å². The first kappa shape index (κ1) is 11.6. The highest BCUT2D eigenvalue weighted by Crippen LogP contribution is 2.16.